The van der Waals surface area contributed by atoms with E-state index in [2.05, 4.69) is 34.9 Å². The van der Waals surface area contributed by atoms with Crippen molar-refractivity contribution in [3.63, 3.8) is 0 Å². The monoisotopic (exact) mass is 365 g/mol. The molecule has 2 N–H and O–H groups in total. The summed E-state index contributed by atoms with van der Waals surface area (Å²) < 4.78 is 0. The van der Waals surface area contributed by atoms with Gasteiger partial charge in [0.1, 0.15) is 0 Å². The van der Waals surface area contributed by atoms with Gasteiger partial charge in [-0.3, -0.25) is 9.59 Å². The number of hydrogen-bond acceptors (Lipinski definition) is 3. The van der Waals surface area contributed by atoms with Crippen LogP contribution in [0.2, 0.25) is 0 Å². The zero-order chi connectivity index (χ0) is 16.8. The Kier molecular flexibility index (Phi) is 7.72. The van der Waals surface area contributed by atoms with Gasteiger partial charge in [-0.25, -0.2) is 0 Å². The lowest BCUT2D eigenvalue weighted by molar-refractivity contribution is -0.134. The Hall–Kier alpha value is -1.59. The molecule has 0 aliphatic carbocycles. The average molecular weight is 366 g/mol. The number of carbonyl (C=O) groups excluding carboxylic acids is 2. The first-order valence-electron chi connectivity index (χ1n) is 9.05. The molecule has 1 unspecified atom stereocenters. The van der Waals surface area contributed by atoms with Crippen LogP contribution in [0.1, 0.15) is 31.2 Å². The van der Waals surface area contributed by atoms with Crippen LogP contribution in [-0.2, 0) is 16.0 Å². The van der Waals surface area contributed by atoms with E-state index in [1.165, 1.54) is 5.56 Å². The number of rotatable bonds is 5. The SMILES string of the molecule is Cl.O=C(NCC(=O)N1CCC(Cc2ccccc2)CC1)C1CCCN1. The molecule has 0 spiro atoms. The molecule has 2 heterocycles. The highest BCUT2D eigenvalue weighted by Crippen LogP contribution is 2.21. The highest BCUT2D eigenvalue weighted by molar-refractivity contribution is 5.87. The zero-order valence-electron chi connectivity index (χ0n) is 14.6. The van der Waals surface area contributed by atoms with Gasteiger partial charge in [0.2, 0.25) is 11.8 Å². The van der Waals surface area contributed by atoms with Gasteiger partial charge in [0, 0.05) is 13.1 Å². The standard InChI is InChI=1S/C19H27N3O2.ClH/c23-18(14-21-19(24)17-7-4-10-20-17)22-11-8-16(9-12-22)13-15-5-2-1-3-6-15;/h1-3,5-6,16-17,20H,4,7-14H2,(H,21,24);1H. The number of amides is 2. The Morgan fingerprint density at radius 3 is 2.48 bits per heavy atom. The second-order valence-corrected chi connectivity index (χ2v) is 6.88. The van der Waals surface area contributed by atoms with E-state index in [0.717, 1.165) is 51.7 Å². The van der Waals surface area contributed by atoms with Gasteiger partial charge in [-0.2, -0.15) is 0 Å². The summed E-state index contributed by atoms with van der Waals surface area (Å²) in [7, 11) is 0. The molecule has 25 heavy (non-hydrogen) atoms. The van der Waals surface area contributed by atoms with E-state index in [1.54, 1.807) is 0 Å². The van der Waals surface area contributed by atoms with Crippen LogP contribution in [0.5, 0.6) is 0 Å². The van der Waals surface area contributed by atoms with Crippen LogP contribution < -0.4 is 10.6 Å². The Morgan fingerprint density at radius 1 is 1.12 bits per heavy atom. The molecule has 2 amide bonds. The van der Waals surface area contributed by atoms with E-state index in [-0.39, 0.29) is 36.8 Å². The van der Waals surface area contributed by atoms with Crippen LogP contribution >= 0.6 is 12.4 Å². The predicted octanol–water partition coefficient (Wildman–Crippen LogP) is 1.76. The number of nitrogens with one attached hydrogen (secondary N) is 2. The van der Waals surface area contributed by atoms with Crippen molar-refractivity contribution in [2.45, 2.75) is 38.1 Å². The van der Waals surface area contributed by atoms with Gasteiger partial charge in [0.15, 0.2) is 0 Å². The molecule has 6 heteroatoms. The van der Waals surface area contributed by atoms with Crippen LogP contribution in [0, 0.1) is 5.92 Å². The largest absolute Gasteiger partial charge is 0.346 e. The van der Waals surface area contributed by atoms with Crippen LogP contribution in [0.25, 0.3) is 0 Å². The molecule has 138 valence electrons. The summed E-state index contributed by atoms with van der Waals surface area (Å²) in [4.78, 5) is 26.1. The third kappa shape index (κ3) is 5.72. The molecule has 0 aromatic heterocycles. The molecule has 0 radical (unpaired) electrons. The molecule has 5 nitrogen and oxygen atoms in total. The van der Waals surface area contributed by atoms with Gasteiger partial charge in [-0.15, -0.1) is 12.4 Å². The van der Waals surface area contributed by atoms with Crippen molar-refractivity contribution in [2.24, 2.45) is 5.92 Å². The molecule has 2 aliphatic heterocycles. The van der Waals surface area contributed by atoms with Crippen LogP contribution in [0.4, 0.5) is 0 Å². The lowest BCUT2D eigenvalue weighted by Gasteiger charge is -2.32. The van der Waals surface area contributed by atoms with E-state index >= 15 is 0 Å². The molecular formula is C19H28ClN3O2. The molecule has 0 bridgehead atoms. The van der Waals surface area contributed by atoms with E-state index in [1.807, 2.05) is 11.0 Å². The number of likely N-dealkylation sites (tertiary alicyclic amines) is 1. The maximum absolute atomic E-state index is 12.3. The maximum Gasteiger partial charge on any atom is 0.241 e. The minimum atomic E-state index is -0.116. The average Bonchev–Trinajstić information content (AvgIpc) is 3.16. The quantitative estimate of drug-likeness (QED) is 0.835. The molecule has 2 aliphatic rings. The Morgan fingerprint density at radius 2 is 1.84 bits per heavy atom. The zero-order valence-corrected chi connectivity index (χ0v) is 15.4. The Labute approximate surface area is 155 Å². The minimum Gasteiger partial charge on any atom is -0.346 e. The topological polar surface area (TPSA) is 61.4 Å². The van der Waals surface area contributed by atoms with E-state index in [0.29, 0.717) is 5.92 Å². The predicted molar refractivity (Wildman–Crippen MR) is 101 cm³/mol. The summed E-state index contributed by atoms with van der Waals surface area (Å²) >= 11 is 0. The van der Waals surface area contributed by atoms with E-state index in [9.17, 15) is 9.59 Å². The third-order valence-corrected chi connectivity index (χ3v) is 5.13. The fourth-order valence-corrected chi connectivity index (χ4v) is 3.64. The number of nitrogens with zero attached hydrogens (tertiary/aromatic N) is 1. The van der Waals surface area contributed by atoms with Crippen molar-refractivity contribution in [1.82, 2.24) is 15.5 Å². The smallest absolute Gasteiger partial charge is 0.241 e. The Balaban J connectivity index is 0.00000225. The van der Waals surface area contributed by atoms with Gasteiger partial charge >= 0.3 is 0 Å². The van der Waals surface area contributed by atoms with E-state index < -0.39 is 0 Å². The van der Waals surface area contributed by atoms with Gasteiger partial charge in [-0.05, 0) is 50.1 Å². The van der Waals surface area contributed by atoms with Crippen molar-refractivity contribution in [3.05, 3.63) is 35.9 Å². The minimum absolute atomic E-state index is 0. The second-order valence-electron chi connectivity index (χ2n) is 6.88. The van der Waals surface area contributed by atoms with Crippen molar-refractivity contribution >= 4 is 24.2 Å². The molecular weight excluding hydrogens is 338 g/mol. The Bertz CT molecular complexity index is 553. The molecule has 3 rings (SSSR count). The lowest BCUT2D eigenvalue weighted by Crippen LogP contribution is -2.47. The van der Waals surface area contributed by atoms with Gasteiger partial charge < -0.3 is 15.5 Å². The molecule has 0 saturated carbocycles. The van der Waals surface area contributed by atoms with Crippen molar-refractivity contribution < 1.29 is 9.59 Å². The summed E-state index contributed by atoms with van der Waals surface area (Å²) in [5.41, 5.74) is 1.37. The molecule has 1 atom stereocenters. The molecule has 2 fully saturated rings. The van der Waals surface area contributed by atoms with Crippen molar-refractivity contribution in [2.75, 3.05) is 26.2 Å². The van der Waals surface area contributed by atoms with Crippen molar-refractivity contribution in [1.29, 1.82) is 0 Å². The summed E-state index contributed by atoms with van der Waals surface area (Å²) in [6, 6.07) is 10.4. The first-order chi connectivity index (χ1) is 11.7. The maximum atomic E-state index is 12.3. The number of piperidine rings is 1. The second kappa shape index (κ2) is 9.78. The van der Waals surface area contributed by atoms with Crippen LogP contribution in [0.3, 0.4) is 0 Å². The van der Waals surface area contributed by atoms with Crippen molar-refractivity contribution in [3.8, 4) is 0 Å². The molecule has 1 aromatic carbocycles. The molecule has 2 saturated heterocycles. The number of benzene rings is 1. The normalized spacial score (nSPS) is 20.8. The fraction of sp³-hybridized carbons (Fsp3) is 0.579. The summed E-state index contributed by atoms with van der Waals surface area (Å²) in [5.74, 6) is 0.646. The van der Waals surface area contributed by atoms with Gasteiger partial charge in [-0.1, -0.05) is 30.3 Å². The number of carbonyl (C=O) groups is 2. The highest BCUT2D eigenvalue weighted by Gasteiger charge is 2.25. The first-order valence-corrected chi connectivity index (χ1v) is 9.05. The van der Waals surface area contributed by atoms with Crippen LogP contribution in [-0.4, -0.2) is 48.9 Å². The number of hydrogen-bond donors (Lipinski definition) is 2. The number of halogens is 1. The summed E-state index contributed by atoms with van der Waals surface area (Å²) in [6.45, 7) is 2.61. The van der Waals surface area contributed by atoms with E-state index in [4.69, 9.17) is 0 Å². The van der Waals surface area contributed by atoms with Crippen LogP contribution in [0.15, 0.2) is 30.3 Å². The molecule has 1 aromatic rings. The summed E-state index contributed by atoms with van der Waals surface area (Å²) in [6.07, 6.45) is 5.07. The third-order valence-electron chi connectivity index (χ3n) is 5.13. The summed E-state index contributed by atoms with van der Waals surface area (Å²) in [5, 5.41) is 5.93. The highest BCUT2D eigenvalue weighted by atomic mass is 35.5. The van der Waals surface area contributed by atoms with Gasteiger partial charge in [0.25, 0.3) is 0 Å². The lowest BCUT2D eigenvalue weighted by atomic mass is 9.90. The van der Waals surface area contributed by atoms with Gasteiger partial charge in [0.05, 0.1) is 12.6 Å². The fourth-order valence-electron chi connectivity index (χ4n) is 3.64. The first kappa shape index (κ1) is 19.7.